The van der Waals surface area contributed by atoms with Crippen LogP contribution in [0.15, 0.2) is 23.2 Å². The van der Waals surface area contributed by atoms with Crippen LogP contribution in [0.2, 0.25) is 0 Å². The fraction of sp³-hybridized carbons (Fsp3) is 0.650. The number of benzene rings is 1. The van der Waals surface area contributed by atoms with Crippen molar-refractivity contribution in [1.29, 1.82) is 0 Å². The molecule has 0 atom stereocenters. The zero-order valence-electron chi connectivity index (χ0n) is 16.9. The van der Waals surface area contributed by atoms with Crippen LogP contribution in [0.1, 0.15) is 37.7 Å². The predicted molar refractivity (Wildman–Crippen MR) is 124 cm³/mol. The summed E-state index contributed by atoms with van der Waals surface area (Å²) in [6, 6.07) is 5.33. The molecular formula is C20H35FIN5. The van der Waals surface area contributed by atoms with Gasteiger partial charge in [0.25, 0.3) is 0 Å². The van der Waals surface area contributed by atoms with E-state index in [1.165, 1.54) is 38.8 Å². The molecular weight excluding hydrogens is 456 g/mol. The van der Waals surface area contributed by atoms with Crippen molar-refractivity contribution >= 4 is 35.6 Å². The molecule has 0 aliphatic carbocycles. The van der Waals surface area contributed by atoms with Gasteiger partial charge in [0, 0.05) is 34.2 Å². The van der Waals surface area contributed by atoms with E-state index in [9.17, 15) is 4.39 Å². The van der Waals surface area contributed by atoms with Crippen molar-refractivity contribution in [3.63, 3.8) is 0 Å². The van der Waals surface area contributed by atoms with E-state index < -0.39 is 0 Å². The van der Waals surface area contributed by atoms with E-state index in [0.29, 0.717) is 12.2 Å². The molecule has 1 fully saturated rings. The summed E-state index contributed by atoms with van der Waals surface area (Å²) in [4.78, 5) is 8.59. The van der Waals surface area contributed by atoms with Crippen molar-refractivity contribution in [3.05, 3.63) is 29.6 Å². The monoisotopic (exact) mass is 491 g/mol. The molecule has 0 amide bonds. The number of guanidine groups is 1. The highest BCUT2D eigenvalue weighted by molar-refractivity contribution is 14.0. The van der Waals surface area contributed by atoms with Crippen molar-refractivity contribution < 1.29 is 4.39 Å². The molecule has 1 aliphatic rings. The Labute approximate surface area is 180 Å². The summed E-state index contributed by atoms with van der Waals surface area (Å²) in [6.45, 7) is 5.06. The van der Waals surface area contributed by atoms with Crippen LogP contribution in [0, 0.1) is 5.82 Å². The zero-order chi connectivity index (χ0) is 18.8. The van der Waals surface area contributed by atoms with E-state index in [1.807, 2.05) is 26.2 Å². The third kappa shape index (κ3) is 8.64. The first kappa shape index (κ1) is 23.9. The average Bonchev–Trinajstić information content (AvgIpc) is 2.89. The van der Waals surface area contributed by atoms with Gasteiger partial charge in [-0.05, 0) is 56.6 Å². The Kier molecular flexibility index (Phi) is 11.7. The topological polar surface area (TPSA) is 42.9 Å². The van der Waals surface area contributed by atoms with Crippen LogP contribution in [0.4, 0.5) is 10.1 Å². The Hall–Kier alpha value is -1.09. The van der Waals surface area contributed by atoms with Gasteiger partial charge >= 0.3 is 0 Å². The number of likely N-dealkylation sites (tertiary alicyclic amines) is 1. The maximum absolute atomic E-state index is 14.0. The number of hydrogen-bond donors (Lipinski definition) is 2. The van der Waals surface area contributed by atoms with E-state index >= 15 is 0 Å². The lowest BCUT2D eigenvalue weighted by molar-refractivity contribution is 0.282. The van der Waals surface area contributed by atoms with Gasteiger partial charge < -0.3 is 20.4 Å². The van der Waals surface area contributed by atoms with Crippen LogP contribution in [-0.4, -0.2) is 58.2 Å². The predicted octanol–water partition coefficient (Wildman–Crippen LogP) is 3.44. The molecule has 0 radical (unpaired) electrons. The highest BCUT2D eigenvalue weighted by Gasteiger charge is 2.09. The summed E-state index contributed by atoms with van der Waals surface area (Å²) >= 11 is 0. The van der Waals surface area contributed by atoms with Crippen molar-refractivity contribution in [1.82, 2.24) is 15.5 Å². The van der Waals surface area contributed by atoms with Crippen LogP contribution in [0.3, 0.4) is 0 Å². The molecule has 27 heavy (non-hydrogen) atoms. The first-order chi connectivity index (χ1) is 12.6. The third-order valence-corrected chi connectivity index (χ3v) is 4.82. The van der Waals surface area contributed by atoms with Crippen LogP contribution in [0.5, 0.6) is 0 Å². The van der Waals surface area contributed by atoms with Crippen LogP contribution < -0.4 is 15.5 Å². The first-order valence-electron chi connectivity index (χ1n) is 9.73. The quantitative estimate of drug-likeness (QED) is 0.266. The van der Waals surface area contributed by atoms with E-state index in [2.05, 4.69) is 20.5 Å². The lowest BCUT2D eigenvalue weighted by Gasteiger charge is -2.20. The second kappa shape index (κ2) is 13.1. The van der Waals surface area contributed by atoms with Crippen molar-refractivity contribution in [2.24, 2.45) is 4.99 Å². The molecule has 1 aromatic rings. The molecule has 1 heterocycles. The summed E-state index contributed by atoms with van der Waals surface area (Å²) < 4.78 is 14.0. The number of halogens is 2. The van der Waals surface area contributed by atoms with Crippen molar-refractivity contribution in [2.75, 3.05) is 52.2 Å². The van der Waals surface area contributed by atoms with Crippen molar-refractivity contribution in [2.45, 2.75) is 38.6 Å². The minimum absolute atomic E-state index is 0. The minimum Gasteiger partial charge on any atom is -0.375 e. The number of aliphatic imine (C=N–C) groups is 1. The van der Waals surface area contributed by atoms with Gasteiger partial charge in [-0.3, -0.25) is 4.99 Å². The normalized spacial score (nSPS) is 15.6. The lowest BCUT2D eigenvalue weighted by Crippen LogP contribution is -2.38. The second-order valence-electron chi connectivity index (χ2n) is 7.14. The number of hydrogen-bond acceptors (Lipinski definition) is 3. The molecule has 0 aromatic heterocycles. The molecule has 1 aromatic carbocycles. The van der Waals surface area contributed by atoms with Gasteiger partial charge in [0.1, 0.15) is 5.82 Å². The van der Waals surface area contributed by atoms with Gasteiger partial charge in [0.2, 0.25) is 0 Å². The molecule has 5 nitrogen and oxygen atoms in total. The van der Waals surface area contributed by atoms with Gasteiger partial charge in [0.05, 0.1) is 5.69 Å². The summed E-state index contributed by atoms with van der Waals surface area (Å²) in [5.74, 6) is 0.563. The SMILES string of the molecule is CN=C(NCCCN1CCCCCC1)NCc1ccc(N(C)C)c(F)c1.I. The van der Waals surface area contributed by atoms with Gasteiger partial charge in [0.15, 0.2) is 5.96 Å². The molecule has 2 rings (SSSR count). The van der Waals surface area contributed by atoms with Gasteiger partial charge in [-0.15, -0.1) is 24.0 Å². The molecule has 154 valence electrons. The number of rotatable bonds is 7. The highest BCUT2D eigenvalue weighted by atomic mass is 127. The summed E-state index contributed by atoms with van der Waals surface area (Å²) in [7, 11) is 5.45. The van der Waals surface area contributed by atoms with Gasteiger partial charge in [-0.1, -0.05) is 18.9 Å². The molecule has 0 saturated carbocycles. The Morgan fingerprint density at radius 2 is 1.85 bits per heavy atom. The largest absolute Gasteiger partial charge is 0.375 e. The second-order valence-corrected chi connectivity index (χ2v) is 7.14. The molecule has 1 saturated heterocycles. The van der Waals surface area contributed by atoms with E-state index in [4.69, 9.17) is 0 Å². The molecule has 2 N–H and O–H groups in total. The van der Waals surface area contributed by atoms with E-state index in [1.54, 1.807) is 18.0 Å². The Morgan fingerprint density at radius 3 is 2.44 bits per heavy atom. The summed E-state index contributed by atoms with van der Waals surface area (Å²) in [6.07, 6.45) is 6.52. The zero-order valence-corrected chi connectivity index (χ0v) is 19.3. The summed E-state index contributed by atoms with van der Waals surface area (Å²) in [5.41, 5.74) is 1.50. The highest BCUT2D eigenvalue weighted by Crippen LogP contribution is 2.18. The van der Waals surface area contributed by atoms with Gasteiger partial charge in [-0.2, -0.15) is 0 Å². The molecule has 0 unspecified atom stereocenters. The molecule has 0 spiro atoms. The molecule has 0 bridgehead atoms. The van der Waals surface area contributed by atoms with Crippen LogP contribution in [-0.2, 0) is 6.54 Å². The fourth-order valence-electron chi connectivity index (χ4n) is 3.30. The van der Waals surface area contributed by atoms with Crippen LogP contribution in [0.25, 0.3) is 0 Å². The van der Waals surface area contributed by atoms with E-state index in [0.717, 1.165) is 31.0 Å². The third-order valence-electron chi connectivity index (χ3n) is 4.82. The Morgan fingerprint density at radius 1 is 1.15 bits per heavy atom. The average molecular weight is 491 g/mol. The van der Waals surface area contributed by atoms with E-state index in [-0.39, 0.29) is 29.8 Å². The Bertz CT molecular complexity index is 571. The number of anilines is 1. The lowest BCUT2D eigenvalue weighted by atomic mass is 10.2. The number of nitrogens with zero attached hydrogens (tertiary/aromatic N) is 3. The maximum atomic E-state index is 14.0. The van der Waals surface area contributed by atoms with Gasteiger partial charge in [-0.25, -0.2) is 4.39 Å². The molecule has 1 aliphatic heterocycles. The number of nitrogens with one attached hydrogen (secondary N) is 2. The first-order valence-corrected chi connectivity index (χ1v) is 9.73. The van der Waals surface area contributed by atoms with Crippen molar-refractivity contribution in [3.8, 4) is 0 Å². The standard InChI is InChI=1S/C20H34FN5.HI/c1-22-20(23-11-8-14-26-12-6-4-5-7-13-26)24-16-17-9-10-19(25(2)3)18(21)15-17;/h9-10,15H,4-8,11-14,16H2,1-3H3,(H2,22,23,24);1H. The minimum atomic E-state index is -0.199. The fourth-order valence-corrected chi connectivity index (χ4v) is 3.30. The summed E-state index contributed by atoms with van der Waals surface area (Å²) in [5, 5.41) is 6.60. The molecule has 7 heteroatoms. The van der Waals surface area contributed by atoms with Crippen LogP contribution >= 0.6 is 24.0 Å². The smallest absolute Gasteiger partial charge is 0.191 e. The maximum Gasteiger partial charge on any atom is 0.191 e. The Balaban J connectivity index is 0.00000364.